The second kappa shape index (κ2) is 6.00. The molecule has 0 saturated heterocycles. The number of hydrogen-bond donors (Lipinski definition) is 0. The van der Waals surface area contributed by atoms with Gasteiger partial charge in [0.15, 0.2) is 5.78 Å². The van der Waals surface area contributed by atoms with Crippen LogP contribution in [0, 0.1) is 17.2 Å². The Morgan fingerprint density at radius 2 is 2.24 bits per heavy atom. The number of carbonyl (C=O) groups is 1. The van der Waals surface area contributed by atoms with E-state index in [1.165, 1.54) is 0 Å². The van der Waals surface area contributed by atoms with Gasteiger partial charge in [0.2, 0.25) is 0 Å². The van der Waals surface area contributed by atoms with Crippen molar-refractivity contribution in [3.63, 3.8) is 0 Å². The number of carbonyl (C=O) groups excluding carboxylic acids is 1. The smallest absolute Gasteiger partial charge is 0.176 e. The molecule has 0 unspecified atom stereocenters. The normalized spacial score (nSPS) is 11.6. The van der Waals surface area contributed by atoms with Crippen LogP contribution in [0.2, 0.25) is 0 Å². The zero-order valence-corrected chi connectivity index (χ0v) is 10.5. The molecule has 0 aliphatic rings. The zero-order valence-electron chi connectivity index (χ0n) is 10.5. The number of aromatic nitrogens is 2. The summed E-state index contributed by atoms with van der Waals surface area (Å²) in [6.07, 6.45) is 4.77. The summed E-state index contributed by atoms with van der Waals surface area (Å²) in [6.45, 7) is 3.93. The second-order valence-corrected chi connectivity index (χ2v) is 3.93. The molecule has 0 saturated carbocycles. The average Bonchev–Trinajstić information content (AvgIpc) is 2.73. The van der Waals surface area contributed by atoms with Crippen LogP contribution in [-0.4, -0.2) is 15.6 Å². The fraction of sp³-hybridized carbons (Fsp3) is 0.462. The molecule has 1 aromatic heterocycles. The lowest BCUT2D eigenvalue weighted by Crippen LogP contribution is -2.14. The van der Waals surface area contributed by atoms with Crippen LogP contribution in [0.25, 0.3) is 6.08 Å². The molecule has 0 atom stereocenters. The summed E-state index contributed by atoms with van der Waals surface area (Å²) in [5.74, 6) is -0.132. The first-order valence-electron chi connectivity index (χ1n) is 5.78. The van der Waals surface area contributed by atoms with Crippen LogP contribution in [0.4, 0.5) is 0 Å². The van der Waals surface area contributed by atoms with E-state index in [0.29, 0.717) is 0 Å². The topological polar surface area (TPSA) is 58.7 Å². The molecule has 0 amide bonds. The van der Waals surface area contributed by atoms with Crippen molar-refractivity contribution in [1.82, 2.24) is 9.78 Å². The Balaban J connectivity index is 3.01. The molecule has 17 heavy (non-hydrogen) atoms. The van der Waals surface area contributed by atoms with Crippen molar-refractivity contribution in [3.8, 4) is 6.07 Å². The number of nitriles is 1. The van der Waals surface area contributed by atoms with E-state index in [1.807, 2.05) is 19.9 Å². The maximum absolute atomic E-state index is 12.1. The third-order valence-corrected chi connectivity index (χ3v) is 2.89. The maximum atomic E-state index is 12.1. The van der Waals surface area contributed by atoms with Crippen LogP contribution < -0.4 is 0 Å². The number of ketones is 1. The zero-order chi connectivity index (χ0) is 12.8. The van der Waals surface area contributed by atoms with E-state index in [0.717, 1.165) is 18.5 Å². The third kappa shape index (κ3) is 3.04. The number of Topliss-reactive ketones (excluding diaryl/α,β-unsaturated/α-hetero) is 1. The Morgan fingerprint density at radius 3 is 2.65 bits per heavy atom. The fourth-order valence-corrected chi connectivity index (χ4v) is 1.71. The lowest BCUT2D eigenvalue weighted by molar-refractivity contribution is -0.118. The summed E-state index contributed by atoms with van der Waals surface area (Å²) < 4.78 is 1.64. The van der Waals surface area contributed by atoms with Crippen LogP contribution in [-0.2, 0) is 11.8 Å². The third-order valence-electron chi connectivity index (χ3n) is 2.89. The minimum atomic E-state index is -0.0706. The molecule has 0 aliphatic heterocycles. The van der Waals surface area contributed by atoms with E-state index in [1.54, 1.807) is 30.1 Å². The van der Waals surface area contributed by atoms with Gasteiger partial charge in [-0.2, -0.15) is 10.4 Å². The molecule has 0 fully saturated rings. The molecule has 0 aromatic carbocycles. The summed E-state index contributed by atoms with van der Waals surface area (Å²) in [5.41, 5.74) is 0.975. The van der Waals surface area contributed by atoms with Gasteiger partial charge in [-0.3, -0.25) is 9.48 Å². The van der Waals surface area contributed by atoms with Crippen LogP contribution in [0.5, 0.6) is 0 Å². The highest BCUT2D eigenvalue weighted by molar-refractivity contribution is 6.04. The van der Waals surface area contributed by atoms with Crippen molar-refractivity contribution < 1.29 is 4.79 Å². The molecule has 1 rings (SSSR count). The van der Waals surface area contributed by atoms with E-state index in [2.05, 4.69) is 5.10 Å². The molecule has 90 valence electrons. The average molecular weight is 231 g/mol. The van der Waals surface area contributed by atoms with Gasteiger partial charge in [-0.1, -0.05) is 13.8 Å². The van der Waals surface area contributed by atoms with E-state index >= 15 is 0 Å². The monoisotopic (exact) mass is 231 g/mol. The van der Waals surface area contributed by atoms with Gasteiger partial charge >= 0.3 is 0 Å². The number of allylic oxidation sites excluding steroid dienone is 1. The van der Waals surface area contributed by atoms with Gasteiger partial charge in [0.25, 0.3) is 0 Å². The van der Waals surface area contributed by atoms with E-state index in [4.69, 9.17) is 5.26 Å². The quantitative estimate of drug-likeness (QED) is 0.577. The van der Waals surface area contributed by atoms with Crippen LogP contribution >= 0.6 is 0 Å². The Morgan fingerprint density at radius 1 is 1.59 bits per heavy atom. The van der Waals surface area contributed by atoms with Gasteiger partial charge < -0.3 is 0 Å². The van der Waals surface area contributed by atoms with Crippen molar-refractivity contribution >= 4 is 11.9 Å². The Bertz CT molecular complexity index is 461. The second-order valence-electron chi connectivity index (χ2n) is 3.93. The van der Waals surface area contributed by atoms with Gasteiger partial charge in [0.05, 0.1) is 11.3 Å². The molecule has 0 N–H and O–H groups in total. The standard InChI is InChI=1S/C13H17N3O/c1-4-10(5-2)13(17)11(9-14)8-12-6-7-15-16(12)3/h6-8,10H,4-5H2,1-3H3/b11-8-. The van der Waals surface area contributed by atoms with E-state index in [-0.39, 0.29) is 17.3 Å². The molecule has 1 aromatic rings. The first kappa shape index (κ1) is 13.2. The maximum Gasteiger partial charge on any atom is 0.176 e. The van der Waals surface area contributed by atoms with Crippen molar-refractivity contribution in [2.75, 3.05) is 0 Å². The molecule has 0 spiro atoms. The summed E-state index contributed by atoms with van der Waals surface area (Å²) >= 11 is 0. The highest BCUT2D eigenvalue weighted by Crippen LogP contribution is 2.16. The highest BCUT2D eigenvalue weighted by Gasteiger charge is 2.18. The predicted molar refractivity (Wildman–Crippen MR) is 65.9 cm³/mol. The number of nitrogens with zero attached hydrogens (tertiary/aromatic N) is 3. The largest absolute Gasteiger partial charge is 0.293 e. The Labute approximate surface area is 102 Å². The summed E-state index contributed by atoms with van der Waals surface area (Å²) in [5, 5.41) is 13.1. The number of hydrogen-bond acceptors (Lipinski definition) is 3. The molecule has 4 heteroatoms. The molecule has 0 bridgehead atoms. The number of rotatable bonds is 5. The number of aryl methyl sites for hydroxylation is 1. The van der Waals surface area contributed by atoms with Crippen molar-refractivity contribution in [2.45, 2.75) is 26.7 Å². The van der Waals surface area contributed by atoms with Crippen molar-refractivity contribution in [1.29, 1.82) is 5.26 Å². The van der Waals surface area contributed by atoms with Gasteiger partial charge in [-0.25, -0.2) is 0 Å². The first-order chi connectivity index (χ1) is 8.13. The lowest BCUT2D eigenvalue weighted by atomic mass is 9.93. The van der Waals surface area contributed by atoms with Gasteiger partial charge in [-0.05, 0) is 25.0 Å². The SMILES string of the molecule is CCC(CC)C(=O)/C(C#N)=C\c1ccnn1C. The summed E-state index contributed by atoms with van der Waals surface area (Å²) in [6, 6.07) is 3.76. The first-order valence-corrected chi connectivity index (χ1v) is 5.78. The van der Waals surface area contributed by atoms with Gasteiger partial charge in [0.1, 0.15) is 6.07 Å². The van der Waals surface area contributed by atoms with E-state index in [9.17, 15) is 4.79 Å². The lowest BCUT2D eigenvalue weighted by Gasteiger charge is -2.09. The fourth-order valence-electron chi connectivity index (χ4n) is 1.71. The van der Waals surface area contributed by atoms with Gasteiger partial charge in [-0.15, -0.1) is 0 Å². The summed E-state index contributed by atoms with van der Waals surface area (Å²) in [7, 11) is 1.78. The van der Waals surface area contributed by atoms with E-state index < -0.39 is 0 Å². The molecule has 0 radical (unpaired) electrons. The Kier molecular flexibility index (Phi) is 4.65. The molecular formula is C13H17N3O. The Hall–Kier alpha value is -1.89. The molecule has 1 heterocycles. The van der Waals surface area contributed by atoms with Crippen molar-refractivity contribution in [2.24, 2.45) is 13.0 Å². The molecule has 0 aliphatic carbocycles. The molecular weight excluding hydrogens is 214 g/mol. The minimum absolute atomic E-state index is 0.0610. The van der Waals surface area contributed by atoms with Crippen LogP contribution in [0.3, 0.4) is 0 Å². The van der Waals surface area contributed by atoms with Crippen LogP contribution in [0.1, 0.15) is 32.4 Å². The predicted octanol–water partition coefficient (Wildman–Crippen LogP) is 2.33. The van der Waals surface area contributed by atoms with Crippen LogP contribution in [0.15, 0.2) is 17.8 Å². The summed E-state index contributed by atoms with van der Waals surface area (Å²) in [4.78, 5) is 12.1. The van der Waals surface area contributed by atoms with Crippen molar-refractivity contribution in [3.05, 3.63) is 23.5 Å². The minimum Gasteiger partial charge on any atom is -0.293 e. The highest BCUT2D eigenvalue weighted by atomic mass is 16.1. The molecule has 4 nitrogen and oxygen atoms in total. The van der Waals surface area contributed by atoms with Gasteiger partial charge in [0, 0.05) is 19.2 Å².